The molecule has 5 nitrogen and oxygen atoms in total. The summed E-state index contributed by atoms with van der Waals surface area (Å²) in [6, 6.07) is 12.2. The van der Waals surface area contributed by atoms with Crippen LogP contribution in [0.3, 0.4) is 0 Å². The summed E-state index contributed by atoms with van der Waals surface area (Å²) in [4.78, 5) is 23.5. The van der Waals surface area contributed by atoms with Crippen LogP contribution < -0.4 is 10.6 Å². The zero-order valence-electron chi connectivity index (χ0n) is 13.3. The van der Waals surface area contributed by atoms with E-state index in [1.807, 2.05) is 6.92 Å². The first-order valence-corrected chi connectivity index (χ1v) is 7.65. The molecule has 0 spiro atoms. The Bertz CT molecular complexity index is 684. The van der Waals surface area contributed by atoms with E-state index < -0.39 is 0 Å². The molecule has 0 fully saturated rings. The van der Waals surface area contributed by atoms with E-state index in [1.54, 1.807) is 24.3 Å². The Morgan fingerprint density at radius 3 is 2.25 bits per heavy atom. The van der Waals surface area contributed by atoms with Gasteiger partial charge in [0.15, 0.2) is 0 Å². The maximum absolute atomic E-state index is 12.8. The van der Waals surface area contributed by atoms with Crippen LogP contribution in [0.15, 0.2) is 48.5 Å². The van der Waals surface area contributed by atoms with Gasteiger partial charge in [-0.15, -0.1) is 0 Å². The standard InChI is InChI=1S/C18H19FN2O3/c1-2-11-24-18(23)13-3-7-15(8-4-13)20-12-17(22)21-16-9-5-14(19)6-10-16/h3-10,20H,2,11-12H2,1H3,(H,21,22). The molecule has 0 aliphatic heterocycles. The zero-order valence-corrected chi connectivity index (χ0v) is 13.3. The van der Waals surface area contributed by atoms with Crippen molar-refractivity contribution in [1.82, 2.24) is 0 Å². The van der Waals surface area contributed by atoms with Gasteiger partial charge >= 0.3 is 5.97 Å². The monoisotopic (exact) mass is 330 g/mol. The van der Waals surface area contributed by atoms with Crippen molar-refractivity contribution < 1.29 is 18.7 Å². The number of anilines is 2. The largest absolute Gasteiger partial charge is 0.462 e. The van der Waals surface area contributed by atoms with E-state index in [4.69, 9.17) is 4.74 Å². The van der Waals surface area contributed by atoms with Crippen molar-refractivity contribution in [2.45, 2.75) is 13.3 Å². The number of ether oxygens (including phenoxy) is 1. The van der Waals surface area contributed by atoms with Crippen LogP contribution >= 0.6 is 0 Å². The van der Waals surface area contributed by atoms with Crippen LogP contribution in [0.1, 0.15) is 23.7 Å². The van der Waals surface area contributed by atoms with Gasteiger partial charge in [-0.25, -0.2) is 9.18 Å². The fourth-order valence-corrected chi connectivity index (χ4v) is 1.92. The third-order valence-electron chi connectivity index (χ3n) is 3.14. The first-order chi connectivity index (χ1) is 11.6. The third kappa shape index (κ3) is 5.39. The molecule has 0 bridgehead atoms. The predicted molar refractivity (Wildman–Crippen MR) is 90.5 cm³/mol. The molecule has 2 N–H and O–H groups in total. The van der Waals surface area contributed by atoms with E-state index in [0.29, 0.717) is 23.5 Å². The highest BCUT2D eigenvalue weighted by molar-refractivity contribution is 5.94. The zero-order chi connectivity index (χ0) is 17.4. The van der Waals surface area contributed by atoms with Crippen LogP contribution in [0.25, 0.3) is 0 Å². The van der Waals surface area contributed by atoms with Gasteiger partial charge in [0.05, 0.1) is 18.7 Å². The quantitative estimate of drug-likeness (QED) is 0.763. The minimum atomic E-state index is -0.363. The summed E-state index contributed by atoms with van der Waals surface area (Å²) in [5.41, 5.74) is 1.69. The highest BCUT2D eigenvalue weighted by Crippen LogP contribution is 2.11. The van der Waals surface area contributed by atoms with Crippen molar-refractivity contribution in [1.29, 1.82) is 0 Å². The normalized spacial score (nSPS) is 10.1. The molecule has 126 valence electrons. The summed E-state index contributed by atoms with van der Waals surface area (Å²) in [6.07, 6.45) is 0.772. The summed E-state index contributed by atoms with van der Waals surface area (Å²) in [5, 5.41) is 5.60. The lowest BCUT2D eigenvalue weighted by Gasteiger charge is -2.08. The van der Waals surface area contributed by atoms with Crippen LogP contribution in [-0.4, -0.2) is 25.0 Å². The second-order valence-corrected chi connectivity index (χ2v) is 5.12. The maximum atomic E-state index is 12.8. The molecule has 0 atom stereocenters. The smallest absolute Gasteiger partial charge is 0.338 e. The van der Waals surface area contributed by atoms with Gasteiger partial charge in [-0.3, -0.25) is 4.79 Å². The topological polar surface area (TPSA) is 67.4 Å². The van der Waals surface area contributed by atoms with E-state index in [-0.39, 0.29) is 24.2 Å². The number of halogens is 1. The Morgan fingerprint density at radius 2 is 1.62 bits per heavy atom. The number of benzene rings is 2. The SMILES string of the molecule is CCCOC(=O)c1ccc(NCC(=O)Nc2ccc(F)cc2)cc1. The predicted octanol–water partition coefficient (Wildman–Crippen LogP) is 3.44. The lowest BCUT2D eigenvalue weighted by Crippen LogP contribution is -2.21. The van der Waals surface area contributed by atoms with Crippen LogP contribution in [0.2, 0.25) is 0 Å². The Morgan fingerprint density at radius 1 is 1.00 bits per heavy atom. The van der Waals surface area contributed by atoms with E-state index in [9.17, 15) is 14.0 Å². The summed E-state index contributed by atoms with van der Waals surface area (Å²) in [5.74, 6) is -0.978. The van der Waals surface area contributed by atoms with Crippen molar-refractivity contribution >= 4 is 23.3 Å². The molecule has 0 aromatic heterocycles. The van der Waals surface area contributed by atoms with Gasteiger partial charge in [0.1, 0.15) is 5.82 Å². The second kappa shape index (κ2) is 8.67. The minimum Gasteiger partial charge on any atom is -0.462 e. The Balaban J connectivity index is 1.82. The molecule has 0 saturated carbocycles. The highest BCUT2D eigenvalue weighted by Gasteiger charge is 2.07. The Hall–Kier alpha value is -2.89. The number of rotatable bonds is 7. The number of esters is 1. The lowest BCUT2D eigenvalue weighted by atomic mass is 10.2. The highest BCUT2D eigenvalue weighted by atomic mass is 19.1. The molecule has 24 heavy (non-hydrogen) atoms. The van der Waals surface area contributed by atoms with Crippen molar-refractivity contribution in [3.63, 3.8) is 0 Å². The van der Waals surface area contributed by atoms with Gasteiger partial charge in [-0.1, -0.05) is 6.92 Å². The summed E-state index contributed by atoms with van der Waals surface area (Å²) in [7, 11) is 0. The average molecular weight is 330 g/mol. The maximum Gasteiger partial charge on any atom is 0.338 e. The van der Waals surface area contributed by atoms with Crippen molar-refractivity contribution in [2.75, 3.05) is 23.8 Å². The second-order valence-electron chi connectivity index (χ2n) is 5.12. The first kappa shape index (κ1) is 17.5. The fraction of sp³-hybridized carbons (Fsp3) is 0.222. The number of carbonyl (C=O) groups excluding carboxylic acids is 2. The van der Waals surface area contributed by atoms with E-state index >= 15 is 0 Å². The van der Waals surface area contributed by atoms with Gasteiger partial charge in [-0.2, -0.15) is 0 Å². The van der Waals surface area contributed by atoms with E-state index in [2.05, 4.69) is 10.6 Å². The number of carbonyl (C=O) groups is 2. The summed E-state index contributed by atoms with van der Waals surface area (Å²) < 4.78 is 17.8. The molecular formula is C18H19FN2O3. The van der Waals surface area contributed by atoms with E-state index in [1.165, 1.54) is 24.3 Å². The molecule has 6 heteroatoms. The molecule has 0 aliphatic rings. The molecule has 0 radical (unpaired) electrons. The van der Waals surface area contributed by atoms with Gasteiger partial charge < -0.3 is 15.4 Å². The van der Waals surface area contributed by atoms with Crippen LogP contribution in [0.4, 0.5) is 15.8 Å². The fourth-order valence-electron chi connectivity index (χ4n) is 1.92. The Kier molecular flexibility index (Phi) is 6.31. The number of hydrogen-bond donors (Lipinski definition) is 2. The molecular weight excluding hydrogens is 311 g/mol. The molecule has 0 heterocycles. The first-order valence-electron chi connectivity index (χ1n) is 7.65. The molecule has 0 unspecified atom stereocenters. The van der Waals surface area contributed by atoms with Gasteiger partial charge in [0.2, 0.25) is 5.91 Å². The van der Waals surface area contributed by atoms with Crippen molar-refractivity contribution in [2.24, 2.45) is 0 Å². The Labute approximate surface area is 139 Å². The van der Waals surface area contributed by atoms with Crippen LogP contribution in [0, 0.1) is 5.82 Å². The van der Waals surface area contributed by atoms with Crippen molar-refractivity contribution in [3.05, 3.63) is 59.9 Å². The number of nitrogens with one attached hydrogen (secondary N) is 2. The summed E-state index contributed by atoms with van der Waals surface area (Å²) in [6.45, 7) is 2.37. The van der Waals surface area contributed by atoms with Gasteiger partial charge in [0.25, 0.3) is 0 Å². The van der Waals surface area contributed by atoms with Gasteiger partial charge in [-0.05, 0) is 55.0 Å². The molecule has 2 aromatic carbocycles. The minimum absolute atomic E-state index is 0.0526. The number of hydrogen-bond acceptors (Lipinski definition) is 4. The third-order valence-corrected chi connectivity index (χ3v) is 3.14. The summed E-state index contributed by atoms with van der Waals surface area (Å²) >= 11 is 0. The number of amides is 1. The molecule has 2 aromatic rings. The van der Waals surface area contributed by atoms with Crippen molar-refractivity contribution in [3.8, 4) is 0 Å². The van der Waals surface area contributed by atoms with Crippen LogP contribution in [-0.2, 0) is 9.53 Å². The molecule has 0 aliphatic carbocycles. The molecule has 1 amide bonds. The van der Waals surface area contributed by atoms with Gasteiger partial charge in [0, 0.05) is 11.4 Å². The lowest BCUT2D eigenvalue weighted by molar-refractivity contribution is -0.114. The molecule has 0 saturated heterocycles. The van der Waals surface area contributed by atoms with E-state index in [0.717, 1.165) is 6.42 Å². The van der Waals surface area contributed by atoms with Crippen LogP contribution in [0.5, 0.6) is 0 Å². The average Bonchev–Trinajstić information content (AvgIpc) is 2.60. The molecule has 2 rings (SSSR count).